The van der Waals surface area contributed by atoms with Gasteiger partial charge in [0.1, 0.15) is 11.5 Å². The number of pyridine rings is 2. The number of likely N-dealkylation sites (N-methyl/N-ethyl adjacent to an activating group) is 1. The molecular weight excluding hydrogens is 406 g/mol. The molecule has 5 nitrogen and oxygen atoms in total. The summed E-state index contributed by atoms with van der Waals surface area (Å²) in [4.78, 5) is 15.4. The summed E-state index contributed by atoms with van der Waals surface area (Å²) >= 11 is 6.60. The van der Waals surface area contributed by atoms with Crippen LogP contribution in [-0.4, -0.2) is 40.0 Å². The van der Waals surface area contributed by atoms with Gasteiger partial charge in [0.15, 0.2) is 0 Å². The van der Waals surface area contributed by atoms with Crippen LogP contribution in [0.4, 0.5) is 5.82 Å². The predicted octanol–water partition coefficient (Wildman–Crippen LogP) is 5.70. The molecule has 4 heterocycles. The van der Waals surface area contributed by atoms with Gasteiger partial charge < -0.3 is 15.2 Å². The minimum absolute atomic E-state index is 0.503. The first-order valence-corrected chi connectivity index (χ1v) is 11.2. The second-order valence-corrected chi connectivity index (χ2v) is 8.72. The van der Waals surface area contributed by atoms with Crippen LogP contribution in [0.3, 0.4) is 0 Å². The van der Waals surface area contributed by atoms with Crippen molar-refractivity contribution < 1.29 is 0 Å². The largest absolute Gasteiger partial charge is 0.366 e. The van der Waals surface area contributed by atoms with Crippen LogP contribution in [-0.2, 0) is 6.54 Å². The number of hydrogen-bond acceptors (Lipinski definition) is 4. The lowest BCUT2D eigenvalue weighted by Crippen LogP contribution is -2.30. The lowest BCUT2D eigenvalue weighted by molar-refractivity contribution is 0.249. The Bertz CT molecular complexity index is 1190. The normalized spacial score (nSPS) is 17.2. The van der Waals surface area contributed by atoms with E-state index in [1.165, 1.54) is 30.6 Å². The Hall–Kier alpha value is -2.89. The van der Waals surface area contributed by atoms with Gasteiger partial charge in [-0.2, -0.15) is 0 Å². The number of fused-ring (bicyclic) bond motifs is 1. The molecule has 1 aliphatic rings. The van der Waals surface area contributed by atoms with Crippen molar-refractivity contribution in [1.29, 1.82) is 0 Å². The van der Waals surface area contributed by atoms with Gasteiger partial charge in [-0.15, -0.1) is 0 Å². The third-order valence-electron chi connectivity index (χ3n) is 6.03. The summed E-state index contributed by atoms with van der Waals surface area (Å²) in [6, 6.07) is 18.4. The molecule has 0 aliphatic carbocycles. The van der Waals surface area contributed by atoms with Crippen molar-refractivity contribution in [3.8, 4) is 11.3 Å². The highest BCUT2D eigenvalue weighted by Gasteiger charge is 2.22. The molecule has 1 fully saturated rings. The molecule has 0 bridgehead atoms. The fourth-order valence-electron chi connectivity index (χ4n) is 4.41. The molecule has 2 N–H and O–H groups in total. The van der Waals surface area contributed by atoms with Gasteiger partial charge >= 0.3 is 0 Å². The van der Waals surface area contributed by atoms with Gasteiger partial charge in [-0.3, -0.25) is 0 Å². The minimum Gasteiger partial charge on any atom is -0.366 e. The van der Waals surface area contributed by atoms with Crippen LogP contribution in [0, 0.1) is 0 Å². The zero-order chi connectivity index (χ0) is 21.2. The zero-order valence-electron chi connectivity index (χ0n) is 17.6. The van der Waals surface area contributed by atoms with Crippen molar-refractivity contribution >= 4 is 28.5 Å². The fraction of sp³-hybridized carbons (Fsp3) is 0.280. The van der Waals surface area contributed by atoms with E-state index in [1.54, 1.807) is 0 Å². The summed E-state index contributed by atoms with van der Waals surface area (Å²) in [6.45, 7) is 2.95. The van der Waals surface area contributed by atoms with Crippen molar-refractivity contribution in [1.82, 2.24) is 19.9 Å². The van der Waals surface area contributed by atoms with Crippen LogP contribution >= 0.6 is 11.6 Å². The maximum Gasteiger partial charge on any atom is 0.138 e. The van der Waals surface area contributed by atoms with E-state index in [2.05, 4.69) is 45.4 Å². The van der Waals surface area contributed by atoms with Crippen LogP contribution in [0.15, 0.2) is 60.8 Å². The van der Waals surface area contributed by atoms with Gasteiger partial charge in [-0.1, -0.05) is 41.9 Å². The number of nitrogens with one attached hydrogen (secondary N) is 2. The predicted molar refractivity (Wildman–Crippen MR) is 128 cm³/mol. The summed E-state index contributed by atoms with van der Waals surface area (Å²) < 4.78 is 0. The number of aromatic amines is 1. The number of hydrogen-bond donors (Lipinski definition) is 2. The highest BCUT2D eigenvalue weighted by molar-refractivity contribution is 6.33. The number of rotatable bonds is 5. The second kappa shape index (κ2) is 8.69. The molecule has 5 rings (SSSR count). The Morgan fingerprint density at radius 1 is 1.16 bits per heavy atom. The summed E-state index contributed by atoms with van der Waals surface area (Å²) in [5, 5.41) is 5.12. The van der Waals surface area contributed by atoms with Crippen molar-refractivity contribution in [2.45, 2.75) is 25.3 Å². The zero-order valence-corrected chi connectivity index (χ0v) is 18.4. The Kier molecular flexibility index (Phi) is 5.62. The van der Waals surface area contributed by atoms with Crippen molar-refractivity contribution in [2.24, 2.45) is 0 Å². The molecule has 1 aliphatic heterocycles. The van der Waals surface area contributed by atoms with Crippen LogP contribution in [0.1, 0.15) is 30.0 Å². The number of anilines is 1. The third-order valence-corrected chi connectivity index (χ3v) is 6.34. The van der Waals surface area contributed by atoms with Crippen molar-refractivity contribution in [3.63, 3.8) is 0 Å². The molecule has 0 spiro atoms. The van der Waals surface area contributed by atoms with Crippen molar-refractivity contribution in [3.05, 3.63) is 77.1 Å². The second-order valence-electron chi connectivity index (χ2n) is 8.31. The Balaban J connectivity index is 1.47. The molecule has 31 heavy (non-hydrogen) atoms. The maximum absolute atomic E-state index is 6.60. The molecule has 1 unspecified atom stereocenters. The Morgan fingerprint density at radius 3 is 2.87 bits per heavy atom. The first-order valence-electron chi connectivity index (χ1n) is 10.8. The Morgan fingerprint density at radius 2 is 2.03 bits per heavy atom. The van der Waals surface area contributed by atoms with E-state index in [0.29, 0.717) is 17.5 Å². The number of halogens is 1. The molecule has 4 aromatic rings. The topological polar surface area (TPSA) is 56.8 Å². The van der Waals surface area contributed by atoms with Gasteiger partial charge in [-0.25, -0.2) is 9.97 Å². The van der Waals surface area contributed by atoms with E-state index in [1.807, 2.05) is 42.6 Å². The molecule has 0 saturated carbocycles. The van der Waals surface area contributed by atoms with Gasteiger partial charge in [-0.05, 0) is 56.3 Å². The van der Waals surface area contributed by atoms with Gasteiger partial charge in [0.2, 0.25) is 0 Å². The molecule has 1 aromatic carbocycles. The molecule has 158 valence electrons. The van der Waals surface area contributed by atoms with Gasteiger partial charge in [0.05, 0.1) is 10.7 Å². The molecule has 1 saturated heterocycles. The third kappa shape index (κ3) is 4.29. The average molecular weight is 432 g/mol. The van der Waals surface area contributed by atoms with Crippen LogP contribution in [0.25, 0.3) is 22.3 Å². The van der Waals surface area contributed by atoms with Gasteiger partial charge in [0, 0.05) is 41.8 Å². The minimum atomic E-state index is 0.503. The van der Waals surface area contributed by atoms with E-state index < -0.39 is 0 Å². The highest BCUT2D eigenvalue weighted by Crippen LogP contribution is 2.35. The van der Waals surface area contributed by atoms with E-state index in [0.717, 1.165) is 34.7 Å². The first-order chi connectivity index (χ1) is 15.2. The molecular formula is C25H26ClN5. The lowest BCUT2D eigenvalue weighted by atomic mass is 9.95. The van der Waals surface area contributed by atoms with E-state index >= 15 is 0 Å². The molecule has 0 amide bonds. The lowest BCUT2D eigenvalue weighted by Gasteiger charge is -2.28. The fourth-order valence-corrected chi connectivity index (χ4v) is 4.62. The standard InChI is InChI=1S/C25H26ClN5/c1-31-13-5-8-18(16-31)22-14-20-19(11-12-27-25(20)29-22)24-21(26)9-10-23(30-24)28-15-17-6-3-2-4-7-17/h2-4,6-7,9-12,14,18H,5,8,13,15-16H2,1H3,(H,27,29)(H,28,30). The summed E-state index contributed by atoms with van der Waals surface area (Å²) in [5.41, 5.74) is 5.13. The quantitative estimate of drug-likeness (QED) is 0.425. The smallest absolute Gasteiger partial charge is 0.138 e. The molecule has 0 radical (unpaired) electrons. The van der Waals surface area contributed by atoms with Crippen LogP contribution in [0.5, 0.6) is 0 Å². The van der Waals surface area contributed by atoms with Gasteiger partial charge in [0.25, 0.3) is 0 Å². The number of aromatic nitrogens is 3. The number of H-pyrrole nitrogens is 1. The summed E-state index contributed by atoms with van der Waals surface area (Å²) in [6.07, 6.45) is 4.25. The van der Waals surface area contributed by atoms with Crippen LogP contribution in [0.2, 0.25) is 5.02 Å². The monoisotopic (exact) mass is 431 g/mol. The molecule has 3 aromatic heterocycles. The van der Waals surface area contributed by atoms with Crippen LogP contribution < -0.4 is 5.32 Å². The number of nitrogens with zero attached hydrogens (tertiary/aromatic N) is 3. The van der Waals surface area contributed by atoms with Crippen molar-refractivity contribution in [2.75, 3.05) is 25.5 Å². The number of benzene rings is 1. The van der Waals surface area contributed by atoms with E-state index in [9.17, 15) is 0 Å². The van der Waals surface area contributed by atoms with E-state index in [-0.39, 0.29) is 0 Å². The Labute approximate surface area is 187 Å². The maximum atomic E-state index is 6.60. The first kappa shape index (κ1) is 20.0. The molecule has 6 heteroatoms. The van der Waals surface area contributed by atoms with E-state index in [4.69, 9.17) is 16.6 Å². The summed E-state index contributed by atoms with van der Waals surface area (Å²) in [7, 11) is 2.19. The number of likely N-dealkylation sites (tertiary alicyclic amines) is 1. The average Bonchev–Trinajstić information content (AvgIpc) is 3.24. The molecule has 1 atom stereocenters. The number of piperidine rings is 1. The SMILES string of the molecule is CN1CCCC(c2cc3c(-c4nc(NCc5ccccc5)ccc4Cl)ccnc3[nH]2)C1. The summed E-state index contributed by atoms with van der Waals surface area (Å²) in [5.74, 6) is 1.31. The highest BCUT2D eigenvalue weighted by atomic mass is 35.5.